The first-order chi connectivity index (χ1) is 10.1. The summed E-state index contributed by atoms with van der Waals surface area (Å²) in [5.74, 6) is -1.30. The van der Waals surface area contributed by atoms with E-state index in [2.05, 4.69) is 6.08 Å². The van der Waals surface area contributed by atoms with Crippen LogP contribution in [0.4, 0.5) is 0 Å². The highest BCUT2D eigenvalue weighted by atomic mass is 14.3. The zero-order valence-corrected chi connectivity index (χ0v) is 10.3. The Morgan fingerprint density at radius 2 is 1.19 bits per heavy atom. The molecule has 0 aromatic heterocycles. The maximum atomic E-state index is 9.03. The number of hydrogen-bond donors (Lipinski definition) is 0. The Kier molecular flexibility index (Phi) is 6.90. The summed E-state index contributed by atoms with van der Waals surface area (Å²) >= 11 is 0. The van der Waals surface area contributed by atoms with Crippen molar-refractivity contribution in [1.82, 2.24) is 0 Å². The predicted molar refractivity (Wildman–Crippen MR) is 64.6 cm³/mol. The second-order valence-corrected chi connectivity index (χ2v) is 3.15. The van der Waals surface area contributed by atoms with E-state index in [1.165, 1.54) is 36.4 Å². The number of hydrogen-bond acceptors (Lipinski definition) is 7. The van der Waals surface area contributed by atoms with Crippen LogP contribution in [0.25, 0.3) is 0 Å². The third kappa shape index (κ3) is 4.43. The Labute approximate surface area is 120 Å². The van der Waals surface area contributed by atoms with E-state index in [1.807, 2.05) is 0 Å². The normalized spacial score (nSPS) is 7.14. The fourth-order valence-electron chi connectivity index (χ4n) is 1.13. The molecule has 0 saturated heterocycles. The molecule has 1 atom stereocenters. The van der Waals surface area contributed by atoms with Gasteiger partial charge in [0.05, 0.1) is 11.6 Å². The van der Waals surface area contributed by atoms with E-state index < -0.39 is 28.2 Å². The second kappa shape index (κ2) is 8.70. The molecule has 0 N–H and O–H groups in total. The Hall–Kier alpha value is -4.35. The monoisotopic (exact) mass is 268 g/mol. The van der Waals surface area contributed by atoms with Gasteiger partial charge in [-0.2, -0.15) is 36.8 Å². The molecule has 0 bridgehead atoms. The van der Waals surface area contributed by atoms with Gasteiger partial charge in [-0.15, -0.1) is 0 Å². The molecule has 93 valence electrons. The molecule has 0 aliphatic heterocycles. The summed E-state index contributed by atoms with van der Waals surface area (Å²) in [7, 11) is 0. The van der Waals surface area contributed by atoms with Crippen LogP contribution in [-0.2, 0) is 0 Å². The average Bonchev–Trinajstić information content (AvgIpc) is 2.53. The van der Waals surface area contributed by atoms with Gasteiger partial charge >= 0.3 is 0 Å². The molecule has 0 aliphatic rings. The quantitative estimate of drug-likeness (QED) is 0.693. The van der Waals surface area contributed by atoms with E-state index in [1.54, 1.807) is 6.07 Å². The lowest BCUT2D eigenvalue weighted by molar-refractivity contribution is 0.959. The van der Waals surface area contributed by atoms with Gasteiger partial charge in [-0.1, -0.05) is 0 Å². The zero-order chi connectivity index (χ0) is 16.3. The van der Waals surface area contributed by atoms with E-state index in [9.17, 15) is 0 Å². The van der Waals surface area contributed by atoms with E-state index in [-0.39, 0.29) is 0 Å². The first kappa shape index (κ1) is 16.6. The molecule has 21 heavy (non-hydrogen) atoms. The minimum Gasteiger partial charge on any atom is -0.193 e. The van der Waals surface area contributed by atoms with Crippen molar-refractivity contribution in [3.8, 4) is 42.5 Å². The van der Waals surface area contributed by atoms with Gasteiger partial charge in [0.1, 0.15) is 53.1 Å². The first-order valence-electron chi connectivity index (χ1n) is 5.01. The third-order valence-corrected chi connectivity index (χ3v) is 2.02. The lowest BCUT2D eigenvalue weighted by atomic mass is 9.92. The van der Waals surface area contributed by atoms with Crippen LogP contribution in [0.2, 0.25) is 0 Å². The fraction of sp³-hybridized carbons (Fsp3) is 0.0714. The van der Waals surface area contributed by atoms with Crippen LogP contribution in [0, 0.1) is 91.3 Å². The smallest absolute Gasteiger partial charge is 0.144 e. The van der Waals surface area contributed by atoms with Gasteiger partial charge in [0.25, 0.3) is 0 Å². The molecule has 7 nitrogen and oxygen atoms in total. The van der Waals surface area contributed by atoms with Crippen molar-refractivity contribution in [3.63, 3.8) is 0 Å². The topological polar surface area (TPSA) is 167 Å². The Bertz CT molecular complexity index is 731. The molecule has 0 fully saturated rings. The summed E-state index contributed by atoms with van der Waals surface area (Å²) < 4.78 is 0. The molecular weight excluding hydrogens is 266 g/mol. The molecule has 1 unspecified atom stereocenters. The summed E-state index contributed by atoms with van der Waals surface area (Å²) in [5.41, 5.74) is -1.89. The molecule has 0 aliphatic carbocycles. The summed E-state index contributed by atoms with van der Waals surface area (Å²) in [6.45, 7) is 0. The van der Waals surface area contributed by atoms with Gasteiger partial charge in [-0.3, -0.25) is 0 Å². The molecule has 0 rings (SSSR count). The van der Waals surface area contributed by atoms with Crippen molar-refractivity contribution in [2.24, 2.45) is 5.92 Å². The van der Waals surface area contributed by atoms with Crippen LogP contribution < -0.4 is 0 Å². The van der Waals surface area contributed by atoms with Crippen molar-refractivity contribution in [2.45, 2.75) is 0 Å². The van der Waals surface area contributed by atoms with Crippen LogP contribution in [0.5, 0.6) is 0 Å². The lowest BCUT2D eigenvalue weighted by Gasteiger charge is -2.05. The predicted octanol–water partition coefficient (Wildman–Crippen LogP) is 1.22. The maximum absolute atomic E-state index is 9.03. The molecule has 0 heterocycles. The van der Waals surface area contributed by atoms with Crippen LogP contribution in [0.1, 0.15) is 0 Å². The molecule has 0 aromatic carbocycles. The summed E-state index contributed by atoms with van der Waals surface area (Å²) in [5, 5.41) is 61.3. The molecule has 0 saturated carbocycles. The summed E-state index contributed by atoms with van der Waals surface area (Å²) in [4.78, 5) is 0. The average molecular weight is 268 g/mol. The molecule has 0 aromatic rings. The summed E-state index contributed by atoms with van der Waals surface area (Å²) in [6.07, 6.45) is 3.23. The number of rotatable bonds is 3. The maximum Gasteiger partial charge on any atom is 0.144 e. The van der Waals surface area contributed by atoms with Crippen LogP contribution in [-0.4, -0.2) is 0 Å². The van der Waals surface area contributed by atoms with Crippen LogP contribution in [0.3, 0.4) is 0 Å². The van der Waals surface area contributed by atoms with E-state index >= 15 is 0 Å². The third-order valence-electron chi connectivity index (χ3n) is 2.02. The van der Waals surface area contributed by atoms with Crippen molar-refractivity contribution in [3.05, 3.63) is 34.4 Å². The van der Waals surface area contributed by atoms with Gasteiger partial charge < -0.3 is 0 Å². The number of allylic oxidation sites excluding steroid dienone is 6. The Morgan fingerprint density at radius 1 is 0.667 bits per heavy atom. The van der Waals surface area contributed by atoms with Crippen molar-refractivity contribution < 1.29 is 0 Å². The van der Waals surface area contributed by atoms with Crippen LogP contribution >= 0.6 is 0 Å². The lowest BCUT2D eigenvalue weighted by Crippen LogP contribution is -2.02. The Morgan fingerprint density at radius 3 is 1.52 bits per heavy atom. The molecule has 0 spiro atoms. The van der Waals surface area contributed by atoms with E-state index in [0.29, 0.717) is 0 Å². The largest absolute Gasteiger partial charge is 0.193 e. The minimum atomic E-state index is -1.30. The van der Waals surface area contributed by atoms with Crippen molar-refractivity contribution in [2.75, 3.05) is 0 Å². The first-order valence-corrected chi connectivity index (χ1v) is 5.01. The van der Waals surface area contributed by atoms with Gasteiger partial charge in [0.2, 0.25) is 0 Å². The highest BCUT2D eigenvalue weighted by molar-refractivity contribution is 5.52. The highest BCUT2D eigenvalue weighted by Gasteiger charge is 2.18. The molecule has 7 heteroatoms. The number of nitrogens with zero attached hydrogens (tertiary/aromatic N) is 7. The van der Waals surface area contributed by atoms with Gasteiger partial charge in [-0.05, 0) is 12.2 Å². The molecule has 0 amide bonds. The highest BCUT2D eigenvalue weighted by Crippen LogP contribution is 2.20. The fourth-order valence-corrected chi connectivity index (χ4v) is 1.13. The van der Waals surface area contributed by atoms with E-state index in [0.717, 1.165) is 6.08 Å². The van der Waals surface area contributed by atoms with Crippen molar-refractivity contribution in [1.29, 1.82) is 36.8 Å². The summed E-state index contributed by atoms with van der Waals surface area (Å²) in [6, 6.07) is 10.6. The van der Waals surface area contributed by atoms with Gasteiger partial charge in [0.15, 0.2) is 0 Å². The second-order valence-electron chi connectivity index (χ2n) is 3.15. The molecule has 1 radical (unpaired) electrons. The van der Waals surface area contributed by atoms with Crippen LogP contribution in [0.15, 0.2) is 28.4 Å². The van der Waals surface area contributed by atoms with Gasteiger partial charge in [0, 0.05) is 5.92 Å². The zero-order valence-electron chi connectivity index (χ0n) is 10.3. The minimum absolute atomic E-state index is 0.411. The van der Waals surface area contributed by atoms with Gasteiger partial charge in [-0.25, -0.2) is 0 Å². The standard InChI is InChI=1S/C14H2N7/c15-3-10(4-16)1-12(2-11(5-17)6-18)14(9-21)13(7-19)8-20/h1,12H. The molecular formula is C14H2N7. The SMILES string of the molecule is N#CC(=[C]C(C=C(C#N)C#N)C(C#N)=C(C#N)C#N)C#N. The number of nitriles is 7. The van der Waals surface area contributed by atoms with Crippen molar-refractivity contribution >= 4 is 0 Å². The van der Waals surface area contributed by atoms with E-state index in [4.69, 9.17) is 36.8 Å². The Balaban J connectivity index is 6.42.